The van der Waals surface area contributed by atoms with Crippen molar-refractivity contribution in [2.75, 3.05) is 37.6 Å². The summed E-state index contributed by atoms with van der Waals surface area (Å²) in [4.78, 5) is 36.6. The monoisotopic (exact) mass is 577 g/mol. The highest BCUT2D eigenvalue weighted by molar-refractivity contribution is 5.80. The average molecular weight is 578 g/mol. The third-order valence-corrected chi connectivity index (χ3v) is 8.01. The number of nitriles is 1. The highest BCUT2D eigenvalue weighted by Gasteiger charge is 2.43. The number of anilines is 1. The lowest BCUT2D eigenvalue weighted by molar-refractivity contribution is -0.135. The van der Waals surface area contributed by atoms with Crippen LogP contribution >= 0.6 is 0 Å². The molecule has 2 aliphatic heterocycles. The standard InChI is InChI=1S/C31H30F3N5O3/c1-2-39(31(41)42-24-6-4-23(32)5-7-24)28-19-38(18-25(28)22-3-8-26(33)27(34)16-22)30(40)21-10-13-37(14-11-21)29-15-20(17-35)9-12-36-29/h3-9,12,15-16,21,25,28H,2,10-11,13-14,18-19H2,1H3. The molecular formula is C31H30F3N5O3. The van der Waals surface area contributed by atoms with Crippen molar-refractivity contribution >= 4 is 17.8 Å². The van der Waals surface area contributed by atoms with Gasteiger partial charge in [-0.25, -0.2) is 22.9 Å². The number of likely N-dealkylation sites (N-methyl/N-ethyl adjacent to an activating group) is 1. The van der Waals surface area contributed by atoms with Gasteiger partial charge in [-0.2, -0.15) is 5.26 Å². The van der Waals surface area contributed by atoms with Crippen LogP contribution in [0.4, 0.5) is 23.8 Å². The molecule has 3 heterocycles. The number of hydrogen-bond donors (Lipinski definition) is 0. The summed E-state index contributed by atoms with van der Waals surface area (Å²) in [6.45, 7) is 3.60. The molecule has 11 heteroatoms. The average Bonchev–Trinajstić information content (AvgIpc) is 3.45. The number of likely N-dealkylation sites (tertiary alicyclic amines) is 1. The first kappa shape index (κ1) is 28.9. The molecule has 2 aliphatic rings. The van der Waals surface area contributed by atoms with E-state index in [1.165, 1.54) is 35.2 Å². The number of aromatic nitrogens is 1. The van der Waals surface area contributed by atoms with E-state index in [1.807, 2.05) is 4.90 Å². The normalized spacial score (nSPS) is 18.9. The number of piperidine rings is 1. The van der Waals surface area contributed by atoms with Gasteiger partial charge in [-0.15, -0.1) is 0 Å². The van der Waals surface area contributed by atoms with E-state index in [0.717, 1.165) is 12.1 Å². The van der Waals surface area contributed by atoms with E-state index in [0.29, 0.717) is 42.9 Å². The summed E-state index contributed by atoms with van der Waals surface area (Å²) in [6.07, 6.45) is 2.07. The second-order valence-electron chi connectivity index (χ2n) is 10.5. The predicted octanol–water partition coefficient (Wildman–Crippen LogP) is 5.10. The number of benzene rings is 2. The Bertz CT molecular complexity index is 1490. The first-order valence-electron chi connectivity index (χ1n) is 13.9. The molecule has 42 heavy (non-hydrogen) atoms. The van der Waals surface area contributed by atoms with Crippen molar-refractivity contribution in [1.29, 1.82) is 5.26 Å². The third kappa shape index (κ3) is 6.17. The Morgan fingerprint density at radius 1 is 1.02 bits per heavy atom. The SMILES string of the molecule is CCN(C(=O)Oc1ccc(F)cc1)C1CN(C(=O)C2CCN(c3cc(C#N)ccn3)CC2)CC1c1ccc(F)c(F)c1. The lowest BCUT2D eigenvalue weighted by Gasteiger charge is -2.34. The van der Waals surface area contributed by atoms with Crippen LogP contribution < -0.4 is 9.64 Å². The molecule has 8 nitrogen and oxygen atoms in total. The van der Waals surface area contributed by atoms with Gasteiger partial charge < -0.3 is 19.4 Å². The van der Waals surface area contributed by atoms with E-state index >= 15 is 0 Å². The van der Waals surface area contributed by atoms with Crippen LogP contribution in [0.3, 0.4) is 0 Å². The zero-order chi connectivity index (χ0) is 29.8. The fourth-order valence-corrected chi connectivity index (χ4v) is 5.79. The van der Waals surface area contributed by atoms with Crippen molar-refractivity contribution in [2.45, 2.75) is 31.7 Å². The molecule has 2 aromatic carbocycles. The molecule has 0 aliphatic carbocycles. The molecule has 2 saturated heterocycles. The quantitative estimate of drug-likeness (QED) is 0.405. The lowest BCUT2D eigenvalue weighted by Crippen LogP contribution is -2.47. The van der Waals surface area contributed by atoms with Crippen LogP contribution in [-0.4, -0.2) is 65.5 Å². The number of pyridine rings is 1. The fraction of sp³-hybridized carbons (Fsp3) is 0.355. The van der Waals surface area contributed by atoms with Crippen LogP contribution in [0, 0.1) is 34.7 Å². The van der Waals surface area contributed by atoms with Crippen molar-refractivity contribution in [2.24, 2.45) is 5.92 Å². The summed E-state index contributed by atoms with van der Waals surface area (Å²) >= 11 is 0. The van der Waals surface area contributed by atoms with Gasteiger partial charge in [-0.05, 0) is 73.9 Å². The molecule has 2 atom stereocenters. The third-order valence-electron chi connectivity index (χ3n) is 8.01. The highest BCUT2D eigenvalue weighted by atomic mass is 19.2. The van der Waals surface area contributed by atoms with Gasteiger partial charge in [-0.3, -0.25) is 4.79 Å². The first-order valence-corrected chi connectivity index (χ1v) is 13.9. The summed E-state index contributed by atoms with van der Waals surface area (Å²) in [5.41, 5.74) is 0.989. The lowest BCUT2D eigenvalue weighted by atomic mass is 9.93. The van der Waals surface area contributed by atoms with Gasteiger partial charge in [0.2, 0.25) is 5.91 Å². The number of carbonyl (C=O) groups is 2. The molecule has 1 aromatic heterocycles. The number of rotatable bonds is 6. The molecule has 218 valence electrons. The number of hydrogen-bond acceptors (Lipinski definition) is 6. The Balaban J connectivity index is 1.33. The minimum Gasteiger partial charge on any atom is -0.410 e. The van der Waals surface area contributed by atoms with Crippen LogP contribution in [0.5, 0.6) is 5.75 Å². The van der Waals surface area contributed by atoms with Crippen LogP contribution in [0.25, 0.3) is 0 Å². The maximum absolute atomic E-state index is 14.3. The molecule has 0 N–H and O–H groups in total. The summed E-state index contributed by atoms with van der Waals surface area (Å²) in [5.74, 6) is -2.40. The van der Waals surface area contributed by atoms with E-state index in [2.05, 4.69) is 11.1 Å². The minimum atomic E-state index is -1.01. The molecule has 0 radical (unpaired) electrons. The van der Waals surface area contributed by atoms with E-state index in [1.54, 1.807) is 30.2 Å². The van der Waals surface area contributed by atoms with Crippen molar-refractivity contribution in [1.82, 2.24) is 14.8 Å². The van der Waals surface area contributed by atoms with Gasteiger partial charge in [0.05, 0.1) is 17.7 Å². The van der Waals surface area contributed by atoms with E-state index < -0.39 is 35.5 Å². The molecule has 2 fully saturated rings. The van der Waals surface area contributed by atoms with E-state index in [9.17, 15) is 28.0 Å². The molecule has 0 spiro atoms. The fourth-order valence-electron chi connectivity index (χ4n) is 5.79. The Morgan fingerprint density at radius 3 is 2.43 bits per heavy atom. The zero-order valence-electron chi connectivity index (χ0n) is 23.1. The van der Waals surface area contributed by atoms with Crippen LogP contribution in [0.15, 0.2) is 60.8 Å². The first-order chi connectivity index (χ1) is 20.3. The number of nitrogens with zero attached hydrogens (tertiary/aromatic N) is 5. The second kappa shape index (κ2) is 12.5. The topological polar surface area (TPSA) is 89.8 Å². The van der Waals surface area contributed by atoms with Crippen LogP contribution in [0.2, 0.25) is 0 Å². The molecule has 2 unspecified atom stereocenters. The van der Waals surface area contributed by atoms with Gasteiger partial charge in [0.15, 0.2) is 11.6 Å². The van der Waals surface area contributed by atoms with E-state index in [4.69, 9.17) is 4.74 Å². The van der Waals surface area contributed by atoms with Crippen molar-refractivity contribution in [3.8, 4) is 11.8 Å². The summed E-state index contributed by atoms with van der Waals surface area (Å²) in [7, 11) is 0. The smallest absolute Gasteiger partial charge is 0.410 e. The molecule has 0 bridgehead atoms. The zero-order valence-corrected chi connectivity index (χ0v) is 23.1. The van der Waals surface area contributed by atoms with Gasteiger partial charge in [0.1, 0.15) is 17.4 Å². The van der Waals surface area contributed by atoms with Gasteiger partial charge in [-0.1, -0.05) is 6.07 Å². The number of amides is 2. The molecule has 5 rings (SSSR count). The molecule has 2 amide bonds. The van der Waals surface area contributed by atoms with Crippen molar-refractivity contribution in [3.63, 3.8) is 0 Å². The largest absolute Gasteiger partial charge is 0.415 e. The molecular weight excluding hydrogens is 547 g/mol. The van der Waals surface area contributed by atoms with Gasteiger partial charge >= 0.3 is 6.09 Å². The Hall–Kier alpha value is -4.59. The minimum absolute atomic E-state index is 0.0635. The highest BCUT2D eigenvalue weighted by Crippen LogP contribution is 2.35. The molecule has 3 aromatic rings. The second-order valence-corrected chi connectivity index (χ2v) is 10.5. The number of ether oxygens (including phenoxy) is 1. The number of halogens is 3. The van der Waals surface area contributed by atoms with Gasteiger partial charge in [0.25, 0.3) is 0 Å². The number of carbonyl (C=O) groups excluding carboxylic acids is 2. The van der Waals surface area contributed by atoms with Crippen molar-refractivity contribution < 1.29 is 27.5 Å². The predicted molar refractivity (Wildman–Crippen MR) is 148 cm³/mol. The van der Waals surface area contributed by atoms with Crippen LogP contribution in [-0.2, 0) is 4.79 Å². The maximum Gasteiger partial charge on any atom is 0.415 e. The summed E-state index contributed by atoms with van der Waals surface area (Å²) < 4.78 is 46.9. The Kier molecular flexibility index (Phi) is 8.61. The summed E-state index contributed by atoms with van der Waals surface area (Å²) in [5, 5.41) is 9.19. The Labute approximate surface area is 241 Å². The maximum atomic E-state index is 14.3. The van der Waals surface area contributed by atoms with Crippen molar-refractivity contribution in [3.05, 3.63) is 89.4 Å². The Morgan fingerprint density at radius 2 is 1.76 bits per heavy atom. The summed E-state index contributed by atoms with van der Waals surface area (Å²) in [6, 6.07) is 13.6. The van der Waals surface area contributed by atoms with E-state index in [-0.39, 0.29) is 37.2 Å². The van der Waals surface area contributed by atoms with Gasteiger partial charge in [0, 0.05) is 50.8 Å². The molecule has 0 saturated carbocycles. The van der Waals surface area contributed by atoms with Crippen LogP contribution in [0.1, 0.15) is 36.8 Å².